The molecule has 0 aliphatic carbocycles. The molecule has 34 heavy (non-hydrogen) atoms. The Morgan fingerprint density at radius 1 is 1.21 bits per heavy atom. The second-order valence-corrected chi connectivity index (χ2v) is 7.68. The number of benzene rings is 2. The number of carbonyl (C=O) groups excluding carboxylic acids is 1. The number of fused-ring (bicyclic) bond motifs is 1. The highest BCUT2D eigenvalue weighted by atomic mass is 19.4. The molecule has 0 saturated carbocycles. The zero-order chi connectivity index (χ0) is 24.3. The standard InChI is InChI=1S/C25H21F3N2O4/c1-33-22-12-16(19-13-23(32)30-24-18(19)8-9-29-24)6-7-21(22)34-14-17-5-4-15(3-2-10-31)11-20(17)25(26,27)28/h4-8,11-12,19,31H,9-10,13-14H2,1H3,(H,29,30,32). The molecule has 9 heteroatoms. The molecule has 1 saturated heterocycles. The van der Waals surface area contributed by atoms with Crippen LogP contribution in [0.25, 0.3) is 0 Å². The monoisotopic (exact) mass is 470 g/mol. The lowest BCUT2D eigenvalue weighted by Crippen LogP contribution is -2.38. The van der Waals surface area contributed by atoms with Crippen LogP contribution in [0.2, 0.25) is 0 Å². The second-order valence-electron chi connectivity index (χ2n) is 7.68. The van der Waals surface area contributed by atoms with Crippen LogP contribution < -0.4 is 14.8 Å². The van der Waals surface area contributed by atoms with Crippen LogP contribution >= 0.6 is 0 Å². The van der Waals surface area contributed by atoms with Crippen LogP contribution in [0.15, 0.2) is 53.0 Å². The molecule has 0 radical (unpaired) electrons. The summed E-state index contributed by atoms with van der Waals surface area (Å²) in [6, 6.07) is 8.81. The molecule has 2 aromatic rings. The molecule has 1 unspecified atom stereocenters. The first-order valence-corrected chi connectivity index (χ1v) is 10.5. The van der Waals surface area contributed by atoms with E-state index in [2.05, 4.69) is 22.2 Å². The molecule has 0 bridgehead atoms. The Morgan fingerprint density at radius 2 is 2.03 bits per heavy atom. The Morgan fingerprint density at radius 3 is 2.76 bits per heavy atom. The second kappa shape index (κ2) is 9.61. The van der Waals surface area contributed by atoms with E-state index in [0.29, 0.717) is 18.1 Å². The van der Waals surface area contributed by atoms with Gasteiger partial charge in [-0.15, -0.1) is 0 Å². The third kappa shape index (κ3) is 4.92. The van der Waals surface area contributed by atoms with Gasteiger partial charge in [0.15, 0.2) is 11.5 Å². The average Bonchev–Trinajstić information content (AvgIpc) is 3.28. The van der Waals surface area contributed by atoms with Crippen LogP contribution in [0.1, 0.15) is 34.6 Å². The molecule has 2 N–H and O–H groups in total. The van der Waals surface area contributed by atoms with Gasteiger partial charge in [-0.25, -0.2) is 0 Å². The van der Waals surface area contributed by atoms with E-state index >= 15 is 0 Å². The lowest BCUT2D eigenvalue weighted by Gasteiger charge is -2.26. The molecule has 0 aromatic heterocycles. The molecular weight excluding hydrogens is 449 g/mol. The lowest BCUT2D eigenvalue weighted by molar-refractivity contribution is -0.138. The number of nitrogens with zero attached hydrogens (tertiary/aromatic N) is 1. The molecule has 1 amide bonds. The topological polar surface area (TPSA) is 80.2 Å². The molecule has 2 aliphatic rings. The van der Waals surface area contributed by atoms with Gasteiger partial charge in [0.2, 0.25) is 5.91 Å². The number of carbonyl (C=O) groups is 1. The maximum Gasteiger partial charge on any atom is 0.416 e. The van der Waals surface area contributed by atoms with Crippen molar-refractivity contribution in [3.05, 3.63) is 70.3 Å². The van der Waals surface area contributed by atoms with E-state index in [1.165, 1.54) is 19.2 Å². The molecule has 2 heterocycles. The number of aliphatic hydroxyl groups is 1. The number of amides is 1. The van der Waals surface area contributed by atoms with Gasteiger partial charge < -0.3 is 19.9 Å². The number of halogens is 3. The number of methoxy groups -OCH3 is 1. The number of rotatable bonds is 5. The number of amidine groups is 1. The van der Waals surface area contributed by atoms with E-state index in [1.807, 2.05) is 6.08 Å². The van der Waals surface area contributed by atoms with Crippen molar-refractivity contribution < 1.29 is 32.5 Å². The van der Waals surface area contributed by atoms with Gasteiger partial charge in [0, 0.05) is 29.0 Å². The van der Waals surface area contributed by atoms with Gasteiger partial charge in [-0.2, -0.15) is 13.2 Å². The average molecular weight is 470 g/mol. The number of hydrogen-bond donors (Lipinski definition) is 2. The zero-order valence-corrected chi connectivity index (χ0v) is 18.2. The van der Waals surface area contributed by atoms with Crippen LogP contribution in [0.4, 0.5) is 13.2 Å². The molecular formula is C25H21F3N2O4. The highest BCUT2D eigenvalue weighted by Crippen LogP contribution is 2.39. The van der Waals surface area contributed by atoms with Crippen molar-refractivity contribution in [3.63, 3.8) is 0 Å². The van der Waals surface area contributed by atoms with Gasteiger partial charge in [-0.3, -0.25) is 9.79 Å². The first kappa shape index (κ1) is 23.4. The summed E-state index contributed by atoms with van der Waals surface area (Å²) in [6.07, 6.45) is -2.38. The molecule has 2 aliphatic heterocycles. The fraction of sp³-hybridized carbons (Fsp3) is 0.280. The molecule has 6 nitrogen and oxygen atoms in total. The van der Waals surface area contributed by atoms with Gasteiger partial charge in [-0.1, -0.05) is 30.0 Å². The van der Waals surface area contributed by atoms with Crippen molar-refractivity contribution in [1.29, 1.82) is 0 Å². The summed E-state index contributed by atoms with van der Waals surface area (Å²) in [7, 11) is 1.44. The molecule has 4 rings (SSSR count). The van der Waals surface area contributed by atoms with Crippen molar-refractivity contribution in [3.8, 4) is 23.3 Å². The normalized spacial score (nSPS) is 17.1. The van der Waals surface area contributed by atoms with Crippen LogP contribution in [-0.4, -0.2) is 37.1 Å². The third-order valence-electron chi connectivity index (χ3n) is 5.56. The van der Waals surface area contributed by atoms with Gasteiger partial charge in [0.25, 0.3) is 0 Å². The van der Waals surface area contributed by atoms with Gasteiger partial charge in [0.05, 0.1) is 19.2 Å². The maximum absolute atomic E-state index is 13.6. The quantitative estimate of drug-likeness (QED) is 0.655. The SMILES string of the molecule is COc1cc(C2CC(=O)NC3=NCC=C32)ccc1OCc1ccc(C#CCO)cc1C(F)(F)F. The van der Waals surface area contributed by atoms with E-state index in [4.69, 9.17) is 14.6 Å². The molecule has 2 aromatic carbocycles. The van der Waals surface area contributed by atoms with E-state index in [-0.39, 0.29) is 41.7 Å². The molecule has 1 fully saturated rings. The largest absolute Gasteiger partial charge is 0.493 e. The zero-order valence-electron chi connectivity index (χ0n) is 18.2. The fourth-order valence-corrected chi connectivity index (χ4v) is 3.98. The number of piperidine rings is 1. The Labute approximate surface area is 194 Å². The molecule has 1 atom stereocenters. The Balaban J connectivity index is 1.57. The van der Waals surface area contributed by atoms with Gasteiger partial charge in [0.1, 0.15) is 19.0 Å². The van der Waals surface area contributed by atoms with E-state index in [0.717, 1.165) is 17.2 Å². The van der Waals surface area contributed by atoms with Crippen molar-refractivity contribution >= 4 is 11.7 Å². The number of alkyl halides is 3. The van der Waals surface area contributed by atoms with Crippen molar-refractivity contribution in [2.24, 2.45) is 4.99 Å². The summed E-state index contributed by atoms with van der Waals surface area (Å²) in [6.45, 7) is -0.281. The van der Waals surface area contributed by atoms with Crippen LogP contribution in [0, 0.1) is 11.8 Å². The highest BCUT2D eigenvalue weighted by molar-refractivity contribution is 6.12. The van der Waals surface area contributed by atoms with Crippen LogP contribution in [0.3, 0.4) is 0 Å². The third-order valence-corrected chi connectivity index (χ3v) is 5.56. The number of hydrogen-bond acceptors (Lipinski definition) is 5. The number of aliphatic imine (C=N–C) groups is 1. The Bertz CT molecular complexity index is 1240. The van der Waals surface area contributed by atoms with Crippen molar-refractivity contribution in [2.45, 2.75) is 25.1 Å². The minimum absolute atomic E-state index is 0.0610. The van der Waals surface area contributed by atoms with Gasteiger partial charge >= 0.3 is 6.18 Å². The van der Waals surface area contributed by atoms with Crippen LogP contribution in [0.5, 0.6) is 11.5 Å². The van der Waals surface area contributed by atoms with Gasteiger partial charge in [-0.05, 0) is 29.8 Å². The predicted molar refractivity (Wildman–Crippen MR) is 119 cm³/mol. The Kier molecular flexibility index (Phi) is 6.61. The summed E-state index contributed by atoms with van der Waals surface area (Å²) in [5.41, 5.74) is 0.986. The summed E-state index contributed by atoms with van der Waals surface area (Å²) < 4.78 is 51.9. The molecule has 176 valence electrons. The smallest absolute Gasteiger partial charge is 0.416 e. The van der Waals surface area contributed by atoms with Crippen molar-refractivity contribution in [1.82, 2.24) is 5.32 Å². The van der Waals surface area contributed by atoms with Crippen LogP contribution in [-0.2, 0) is 17.6 Å². The number of nitrogens with one attached hydrogen (secondary N) is 1. The van der Waals surface area contributed by atoms with Crippen molar-refractivity contribution in [2.75, 3.05) is 20.3 Å². The fourth-order valence-electron chi connectivity index (χ4n) is 3.98. The lowest BCUT2D eigenvalue weighted by atomic mass is 9.85. The minimum atomic E-state index is -4.60. The number of ether oxygens (including phenoxy) is 2. The van der Waals surface area contributed by atoms with E-state index in [1.54, 1.807) is 18.2 Å². The predicted octanol–water partition coefficient (Wildman–Crippen LogP) is 3.58. The highest BCUT2D eigenvalue weighted by Gasteiger charge is 2.34. The summed E-state index contributed by atoms with van der Waals surface area (Å²) in [4.78, 5) is 16.4. The Hall–Kier alpha value is -3.77. The van der Waals surface area contributed by atoms with E-state index in [9.17, 15) is 18.0 Å². The summed E-state index contributed by atoms with van der Waals surface area (Å²) in [5, 5.41) is 11.5. The maximum atomic E-state index is 13.6. The summed E-state index contributed by atoms with van der Waals surface area (Å²) >= 11 is 0. The van der Waals surface area contributed by atoms with E-state index < -0.39 is 18.3 Å². The molecule has 0 spiro atoms. The number of aliphatic hydroxyl groups excluding tert-OH is 1. The first-order valence-electron chi connectivity index (χ1n) is 10.5. The first-order chi connectivity index (χ1) is 16.3. The summed E-state index contributed by atoms with van der Waals surface area (Å²) in [5.74, 6) is 5.69. The minimum Gasteiger partial charge on any atom is -0.493 e.